The minimum absolute atomic E-state index is 0.324. The van der Waals surface area contributed by atoms with E-state index in [1.165, 1.54) is 6.42 Å². The smallest absolute Gasteiger partial charge is 0.222 e. The molecule has 1 aliphatic rings. The van der Waals surface area contributed by atoms with E-state index in [9.17, 15) is 4.79 Å². The molecule has 3 nitrogen and oxygen atoms in total. The van der Waals surface area contributed by atoms with E-state index in [1.807, 2.05) is 4.90 Å². The van der Waals surface area contributed by atoms with Gasteiger partial charge in [0.2, 0.25) is 5.91 Å². The first-order valence-electron chi connectivity index (χ1n) is 6.40. The SMILES string of the molecule is CC(CN1CCCC1=O)NCCC(C)(C)C. The van der Waals surface area contributed by atoms with E-state index in [1.54, 1.807) is 0 Å². The number of nitrogens with zero attached hydrogens (tertiary/aromatic N) is 1. The summed E-state index contributed by atoms with van der Waals surface area (Å²) in [5, 5.41) is 3.49. The minimum Gasteiger partial charge on any atom is -0.341 e. The van der Waals surface area contributed by atoms with Crippen LogP contribution in [0.3, 0.4) is 0 Å². The van der Waals surface area contributed by atoms with Crippen LogP contribution in [0.2, 0.25) is 0 Å². The molecular formula is C13H26N2O. The van der Waals surface area contributed by atoms with Gasteiger partial charge in [-0.2, -0.15) is 0 Å². The molecule has 0 bridgehead atoms. The molecule has 94 valence electrons. The predicted octanol–water partition coefficient (Wildman–Crippen LogP) is 2.02. The van der Waals surface area contributed by atoms with Crippen LogP contribution in [0.5, 0.6) is 0 Å². The van der Waals surface area contributed by atoms with Gasteiger partial charge in [0.05, 0.1) is 0 Å². The molecule has 1 heterocycles. The average molecular weight is 226 g/mol. The highest BCUT2D eigenvalue weighted by Crippen LogP contribution is 2.17. The molecular weight excluding hydrogens is 200 g/mol. The molecule has 0 aromatic rings. The first-order valence-corrected chi connectivity index (χ1v) is 6.40. The van der Waals surface area contributed by atoms with Gasteiger partial charge in [-0.1, -0.05) is 20.8 Å². The third kappa shape index (κ3) is 4.97. The zero-order chi connectivity index (χ0) is 12.2. The highest BCUT2D eigenvalue weighted by Gasteiger charge is 2.21. The molecule has 3 heteroatoms. The molecule has 0 saturated carbocycles. The van der Waals surface area contributed by atoms with E-state index in [0.717, 1.165) is 32.5 Å². The summed E-state index contributed by atoms with van der Waals surface area (Å²) in [4.78, 5) is 13.4. The fourth-order valence-electron chi connectivity index (χ4n) is 1.99. The zero-order valence-electron chi connectivity index (χ0n) is 11.2. The third-order valence-electron chi connectivity index (χ3n) is 3.03. The van der Waals surface area contributed by atoms with E-state index in [0.29, 0.717) is 17.4 Å². The number of hydrogen-bond donors (Lipinski definition) is 1. The summed E-state index contributed by atoms with van der Waals surface area (Å²) < 4.78 is 0. The summed E-state index contributed by atoms with van der Waals surface area (Å²) in [6.45, 7) is 11.8. The normalized spacial score (nSPS) is 19.2. The summed E-state index contributed by atoms with van der Waals surface area (Å²) in [5.74, 6) is 0.324. The summed E-state index contributed by atoms with van der Waals surface area (Å²) in [6, 6.07) is 0.407. The van der Waals surface area contributed by atoms with Crippen LogP contribution in [0.25, 0.3) is 0 Å². The second-order valence-corrected chi connectivity index (χ2v) is 6.11. The van der Waals surface area contributed by atoms with Gasteiger partial charge in [-0.25, -0.2) is 0 Å². The zero-order valence-corrected chi connectivity index (χ0v) is 11.2. The Balaban J connectivity index is 2.15. The van der Waals surface area contributed by atoms with Gasteiger partial charge in [-0.3, -0.25) is 4.79 Å². The van der Waals surface area contributed by atoms with Gasteiger partial charge in [-0.05, 0) is 31.7 Å². The maximum Gasteiger partial charge on any atom is 0.222 e. The molecule has 1 saturated heterocycles. The summed E-state index contributed by atoms with van der Waals surface area (Å²) in [6.07, 6.45) is 2.95. The first kappa shape index (κ1) is 13.5. The molecule has 0 aromatic heterocycles. The lowest BCUT2D eigenvalue weighted by Crippen LogP contribution is -2.40. The largest absolute Gasteiger partial charge is 0.341 e. The maximum absolute atomic E-state index is 11.4. The number of rotatable bonds is 5. The molecule has 1 amide bonds. The van der Waals surface area contributed by atoms with E-state index in [-0.39, 0.29) is 0 Å². The number of amides is 1. The van der Waals surface area contributed by atoms with Crippen molar-refractivity contribution in [3.05, 3.63) is 0 Å². The summed E-state index contributed by atoms with van der Waals surface area (Å²) >= 11 is 0. The fourth-order valence-corrected chi connectivity index (χ4v) is 1.99. The Hall–Kier alpha value is -0.570. The predicted molar refractivity (Wildman–Crippen MR) is 67.4 cm³/mol. The van der Waals surface area contributed by atoms with E-state index < -0.39 is 0 Å². The van der Waals surface area contributed by atoms with Crippen LogP contribution < -0.4 is 5.32 Å². The molecule has 0 aliphatic carbocycles. The number of carbonyl (C=O) groups is 1. The van der Waals surface area contributed by atoms with Gasteiger partial charge < -0.3 is 10.2 Å². The van der Waals surface area contributed by atoms with Crippen LogP contribution in [-0.2, 0) is 4.79 Å². The van der Waals surface area contributed by atoms with Crippen molar-refractivity contribution in [2.24, 2.45) is 5.41 Å². The molecule has 0 spiro atoms. The lowest BCUT2D eigenvalue weighted by atomic mass is 9.92. The molecule has 1 atom stereocenters. The lowest BCUT2D eigenvalue weighted by molar-refractivity contribution is -0.127. The van der Waals surface area contributed by atoms with Crippen LogP contribution in [0.15, 0.2) is 0 Å². The van der Waals surface area contributed by atoms with Crippen LogP contribution >= 0.6 is 0 Å². The summed E-state index contributed by atoms with van der Waals surface area (Å²) in [7, 11) is 0. The van der Waals surface area contributed by atoms with Gasteiger partial charge in [0, 0.05) is 25.6 Å². The molecule has 16 heavy (non-hydrogen) atoms. The topological polar surface area (TPSA) is 32.3 Å². The average Bonchev–Trinajstić information content (AvgIpc) is 2.49. The highest BCUT2D eigenvalue weighted by molar-refractivity contribution is 5.78. The Morgan fingerprint density at radius 1 is 1.44 bits per heavy atom. The van der Waals surface area contributed by atoms with Gasteiger partial charge >= 0.3 is 0 Å². The van der Waals surface area contributed by atoms with Gasteiger partial charge in [-0.15, -0.1) is 0 Å². The standard InChI is InChI=1S/C13H26N2O/c1-11(14-8-7-13(2,3)4)10-15-9-5-6-12(15)16/h11,14H,5-10H2,1-4H3. The van der Waals surface area contributed by atoms with Gasteiger partial charge in [0.25, 0.3) is 0 Å². The Labute approximate surface area is 99.6 Å². The number of likely N-dealkylation sites (tertiary alicyclic amines) is 1. The van der Waals surface area contributed by atoms with Crippen molar-refractivity contribution in [1.82, 2.24) is 10.2 Å². The highest BCUT2D eigenvalue weighted by atomic mass is 16.2. The molecule has 1 rings (SSSR count). The number of carbonyl (C=O) groups excluding carboxylic acids is 1. The minimum atomic E-state index is 0.324. The molecule has 1 fully saturated rings. The Bertz CT molecular complexity index is 233. The Kier molecular flexibility index (Phi) is 4.78. The molecule has 0 aromatic carbocycles. The Morgan fingerprint density at radius 3 is 2.62 bits per heavy atom. The molecule has 1 aliphatic heterocycles. The monoisotopic (exact) mass is 226 g/mol. The van der Waals surface area contributed by atoms with E-state index >= 15 is 0 Å². The second-order valence-electron chi connectivity index (χ2n) is 6.11. The third-order valence-corrected chi connectivity index (χ3v) is 3.03. The van der Waals surface area contributed by atoms with Crippen molar-refractivity contribution < 1.29 is 4.79 Å². The van der Waals surface area contributed by atoms with Crippen LogP contribution in [0.4, 0.5) is 0 Å². The van der Waals surface area contributed by atoms with E-state index in [2.05, 4.69) is 33.0 Å². The van der Waals surface area contributed by atoms with Crippen molar-refractivity contribution in [1.29, 1.82) is 0 Å². The van der Waals surface area contributed by atoms with Crippen molar-refractivity contribution >= 4 is 5.91 Å². The quantitative estimate of drug-likeness (QED) is 0.778. The van der Waals surface area contributed by atoms with Gasteiger partial charge in [0.1, 0.15) is 0 Å². The Morgan fingerprint density at radius 2 is 2.12 bits per heavy atom. The van der Waals surface area contributed by atoms with Crippen LogP contribution in [0.1, 0.15) is 47.0 Å². The summed E-state index contributed by atoms with van der Waals surface area (Å²) in [5.41, 5.74) is 0.385. The van der Waals surface area contributed by atoms with Crippen molar-refractivity contribution in [3.8, 4) is 0 Å². The molecule has 1 N–H and O–H groups in total. The van der Waals surface area contributed by atoms with E-state index in [4.69, 9.17) is 0 Å². The number of nitrogens with one attached hydrogen (secondary N) is 1. The number of hydrogen-bond acceptors (Lipinski definition) is 2. The van der Waals surface area contributed by atoms with Crippen molar-refractivity contribution in [3.63, 3.8) is 0 Å². The first-order chi connectivity index (χ1) is 7.38. The van der Waals surface area contributed by atoms with Crippen LogP contribution in [0, 0.1) is 5.41 Å². The maximum atomic E-state index is 11.4. The van der Waals surface area contributed by atoms with Crippen LogP contribution in [-0.4, -0.2) is 36.5 Å². The lowest BCUT2D eigenvalue weighted by Gasteiger charge is -2.24. The fraction of sp³-hybridized carbons (Fsp3) is 0.923. The van der Waals surface area contributed by atoms with Crippen molar-refractivity contribution in [2.45, 2.75) is 53.0 Å². The molecule has 0 radical (unpaired) electrons. The molecule has 1 unspecified atom stereocenters. The van der Waals surface area contributed by atoms with Gasteiger partial charge in [0.15, 0.2) is 0 Å². The second kappa shape index (κ2) is 5.67. The van der Waals surface area contributed by atoms with Crippen molar-refractivity contribution in [2.75, 3.05) is 19.6 Å².